The van der Waals surface area contributed by atoms with Gasteiger partial charge in [0.2, 0.25) is 5.76 Å². The van der Waals surface area contributed by atoms with Crippen LogP contribution in [0.3, 0.4) is 0 Å². The highest BCUT2D eigenvalue weighted by Crippen LogP contribution is 2.28. The Hall–Kier alpha value is -1.31. The van der Waals surface area contributed by atoms with E-state index in [1.807, 2.05) is 0 Å². The quantitative estimate of drug-likeness (QED) is 0.204. The number of carbonyl (C=O) groups is 1. The zero-order valence-electron chi connectivity index (χ0n) is 19.7. The van der Waals surface area contributed by atoms with Gasteiger partial charge in [0.15, 0.2) is 11.9 Å². The fourth-order valence-corrected chi connectivity index (χ4v) is 3.45. The Morgan fingerprint density at radius 3 is 1.94 bits per heavy atom. The number of unbranched alkanes of at least 4 members (excludes halogenated alkanes) is 11. The Balaban J connectivity index is 2.30. The number of ether oxygens (including phenoxy) is 3. The molecule has 2 atom stereocenters. The molecule has 1 heterocycles. The van der Waals surface area contributed by atoms with E-state index in [9.17, 15) is 20.1 Å². The van der Waals surface area contributed by atoms with Crippen molar-refractivity contribution in [1.82, 2.24) is 0 Å². The maximum absolute atomic E-state index is 12.1. The summed E-state index contributed by atoms with van der Waals surface area (Å²) in [5, 5.41) is 29.0. The Bertz CT molecular complexity index is 525. The van der Waals surface area contributed by atoms with E-state index in [4.69, 9.17) is 14.2 Å². The second-order valence-corrected chi connectivity index (χ2v) is 9.11. The van der Waals surface area contributed by atoms with Crippen molar-refractivity contribution in [3.63, 3.8) is 0 Å². The highest BCUT2D eigenvalue weighted by Gasteiger charge is 2.42. The largest absolute Gasteiger partial charge is 0.490 e. The van der Waals surface area contributed by atoms with Gasteiger partial charge >= 0.3 is 5.97 Å². The van der Waals surface area contributed by atoms with Crippen LogP contribution in [0.25, 0.3) is 0 Å². The summed E-state index contributed by atoms with van der Waals surface area (Å²) in [6.45, 7) is 5.03. The van der Waals surface area contributed by atoms with Gasteiger partial charge in [-0.25, -0.2) is 4.79 Å². The molecule has 1 aliphatic heterocycles. The number of hydrogen-bond donors (Lipinski definition) is 3. The lowest BCUT2D eigenvalue weighted by atomic mass is 10.1. The van der Waals surface area contributed by atoms with Gasteiger partial charge in [-0.15, -0.1) is 0 Å². The van der Waals surface area contributed by atoms with Gasteiger partial charge in [0.25, 0.3) is 0 Å². The molecule has 0 bridgehead atoms. The normalized spacial score (nSPS) is 17.7. The average molecular weight is 445 g/mol. The van der Waals surface area contributed by atoms with Gasteiger partial charge in [-0.1, -0.05) is 77.6 Å². The molecular weight excluding hydrogens is 400 g/mol. The molecule has 0 aromatic carbocycles. The molecule has 31 heavy (non-hydrogen) atoms. The predicted octanol–water partition coefficient (Wildman–Crippen LogP) is 3.98. The van der Waals surface area contributed by atoms with Crippen LogP contribution in [-0.2, 0) is 19.0 Å². The molecule has 0 aliphatic carbocycles. The Morgan fingerprint density at radius 1 is 0.935 bits per heavy atom. The molecule has 0 radical (unpaired) electrons. The number of esters is 1. The third-order valence-corrected chi connectivity index (χ3v) is 5.26. The number of cyclic esters (lactones) is 1. The van der Waals surface area contributed by atoms with E-state index in [0.29, 0.717) is 6.61 Å². The van der Waals surface area contributed by atoms with E-state index in [1.165, 1.54) is 57.8 Å². The first-order chi connectivity index (χ1) is 14.8. The summed E-state index contributed by atoms with van der Waals surface area (Å²) in [5.74, 6) is -0.802. The number of aliphatic hydroxyl groups excluding tert-OH is 2. The first kappa shape index (κ1) is 27.7. The van der Waals surface area contributed by atoms with Crippen molar-refractivity contribution >= 4 is 5.97 Å². The van der Waals surface area contributed by atoms with E-state index >= 15 is 0 Å². The highest BCUT2D eigenvalue weighted by molar-refractivity contribution is 5.89. The maximum Gasteiger partial charge on any atom is 0.378 e. The van der Waals surface area contributed by atoms with Gasteiger partial charge in [-0.05, 0) is 20.3 Å². The lowest BCUT2D eigenvalue weighted by Gasteiger charge is -2.19. The van der Waals surface area contributed by atoms with Crippen molar-refractivity contribution < 1.29 is 34.3 Å². The van der Waals surface area contributed by atoms with Crippen molar-refractivity contribution in [3.05, 3.63) is 11.5 Å². The van der Waals surface area contributed by atoms with Crippen LogP contribution in [0, 0.1) is 0 Å². The molecule has 1 aliphatic rings. The first-order valence-electron chi connectivity index (χ1n) is 12.0. The Labute approximate surface area is 187 Å². The third-order valence-electron chi connectivity index (χ3n) is 5.26. The molecule has 0 aromatic heterocycles. The fourth-order valence-electron chi connectivity index (χ4n) is 3.45. The molecule has 0 aromatic rings. The Kier molecular flexibility index (Phi) is 13.8. The van der Waals surface area contributed by atoms with Crippen LogP contribution >= 0.6 is 0 Å². The van der Waals surface area contributed by atoms with E-state index in [-0.39, 0.29) is 18.1 Å². The minimum atomic E-state index is -1.29. The molecule has 1 rings (SSSR count). The van der Waals surface area contributed by atoms with Crippen molar-refractivity contribution in [2.24, 2.45) is 0 Å². The summed E-state index contributed by atoms with van der Waals surface area (Å²) < 4.78 is 16.3. The number of carbonyl (C=O) groups excluding carboxylic acids is 1. The molecule has 0 saturated carbocycles. The van der Waals surface area contributed by atoms with E-state index < -0.39 is 30.4 Å². The molecule has 0 amide bonds. The van der Waals surface area contributed by atoms with Crippen LogP contribution in [0.5, 0.6) is 0 Å². The summed E-state index contributed by atoms with van der Waals surface area (Å²) in [6, 6.07) is 0. The van der Waals surface area contributed by atoms with Crippen LogP contribution in [0.15, 0.2) is 11.5 Å². The zero-order valence-corrected chi connectivity index (χ0v) is 19.7. The van der Waals surface area contributed by atoms with Crippen molar-refractivity contribution in [3.8, 4) is 0 Å². The van der Waals surface area contributed by atoms with Crippen molar-refractivity contribution in [2.75, 3.05) is 19.8 Å². The molecule has 182 valence electrons. The number of hydrogen-bond acceptors (Lipinski definition) is 7. The molecule has 0 fully saturated rings. The van der Waals surface area contributed by atoms with Gasteiger partial charge in [0.1, 0.15) is 12.7 Å². The molecule has 0 saturated heterocycles. The fraction of sp³-hybridized carbons (Fsp3) is 0.875. The van der Waals surface area contributed by atoms with E-state index in [0.717, 1.165) is 19.3 Å². The van der Waals surface area contributed by atoms with Crippen molar-refractivity contribution in [2.45, 2.75) is 116 Å². The van der Waals surface area contributed by atoms with Gasteiger partial charge in [-0.3, -0.25) is 0 Å². The summed E-state index contributed by atoms with van der Waals surface area (Å²) in [7, 11) is 0. The van der Waals surface area contributed by atoms with Gasteiger partial charge in [0, 0.05) is 0 Å². The molecule has 7 nitrogen and oxygen atoms in total. The topological polar surface area (TPSA) is 105 Å². The first-order valence-corrected chi connectivity index (χ1v) is 12.0. The summed E-state index contributed by atoms with van der Waals surface area (Å²) >= 11 is 0. The average Bonchev–Trinajstić information content (AvgIpc) is 3.04. The lowest BCUT2D eigenvalue weighted by molar-refractivity contribution is -0.149. The number of aliphatic hydroxyl groups is 3. The van der Waals surface area contributed by atoms with Crippen LogP contribution in [0.4, 0.5) is 0 Å². The maximum atomic E-state index is 12.1. The third kappa shape index (κ3) is 11.8. The lowest BCUT2D eigenvalue weighted by Crippen LogP contribution is -2.32. The summed E-state index contributed by atoms with van der Waals surface area (Å²) in [4.78, 5) is 12.1. The highest BCUT2D eigenvalue weighted by atomic mass is 16.6. The Morgan fingerprint density at radius 2 is 1.45 bits per heavy atom. The smallest absolute Gasteiger partial charge is 0.378 e. The van der Waals surface area contributed by atoms with Crippen LogP contribution in [-0.4, -0.2) is 58.9 Å². The van der Waals surface area contributed by atoms with Gasteiger partial charge in [0.05, 0.1) is 18.8 Å². The molecule has 0 spiro atoms. The van der Waals surface area contributed by atoms with Crippen LogP contribution < -0.4 is 0 Å². The summed E-state index contributed by atoms with van der Waals surface area (Å²) in [6.07, 6.45) is 12.4. The van der Waals surface area contributed by atoms with Crippen LogP contribution in [0.1, 0.15) is 97.8 Å². The van der Waals surface area contributed by atoms with Crippen molar-refractivity contribution in [1.29, 1.82) is 0 Å². The van der Waals surface area contributed by atoms with Crippen LogP contribution in [0.2, 0.25) is 0 Å². The predicted molar refractivity (Wildman–Crippen MR) is 119 cm³/mol. The van der Waals surface area contributed by atoms with Gasteiger partial charge < -0.3 is 29.5 Å². The zero-order chi connectivity index (χ0) is 23.1. The SMILES string of the molecule is CCCCCCCCCCCCCCOC1=C(OCC(C)(C)O)C(=O)O[C@@H]1[C@@H](O)CO. The molecular formula is C24H44O7. The standard InChI is InChI=1S/C24H44O7/c1-4-5-6-7-8-9-10-11-12-13-14-15-16-29-21-20(19(26)17-25)31-23(27)22(21)30-18-24(2,3)28/h19-20,25-26,28H,4-18H2,1-3H3/t19-,20+/m0/s1. The summed E-state index contributed by atoms with van der Waals surface area (Å²) in [5.41, 5.74) is -1.14. The van der Waals surface area contributed by atoms with E-state index in [1.54, 1.807) is 13.8 Å². The molecule has 3 N–H and O–H groups in total. The molecule has 0 unspecified atom stereocenters. The second kappa shape index (κ2) is 15.5. The minimum absolute atomic E-state index is 0.0962. The van der Waals surface area contributed by atoms with E-state index in [2.05, 4.69) is 6.92 Å². The second-order valence-electron chi connectivity index (χ2n) is 9.11. The monoisotopic (exact) mass is 444 g/mol. The number of rotatable bonds is 19. The molecule has 7 heteroatoms. The van der Waals surface area contributed by atoms with Gasteiger partial charge in [-0.2, -0.15) is 0 Å². The minimum Gasteiger partial charge on any atom is -0.490 e.